The van der Waals surface area contributed by atoms with E-state index in [4.69, 9.17) is 21.2 Å². The first-order valence-electron chi connectivity index (χ1n) is 3.99. The van der Waals surface area contributed by atoms with E-state index in [1.807, 2.05) is 0 Å². The highest BCUT2D eigenvalue weighted by Crippen LogP contribution is 2.13. The first kappa shape index (κ1) is 11.7. The maximum atomic E-state index is 11.6. The van der Waals surface area contributed by atoms with E-state index in [1.54, 1.807) is 0 Å². The zero-order valence-electron chi connectivity index (χ0n) is 8.52. The Hall–Kier alpha value is -1.40. The number of rotatable bonds is 3. The molecule has 0 radical (unpaired) electrons. The number of methoxy groups -OCH3 is 1. The Bertz CT molecular complexity index is 372. The summed E-state index contributed by atoms with van der Waals surface area (Å²) in [4.78, 5) is 23.8. The summed E-state index contributed by atoms with van der Waals surface area (Å²) in [7, 11) is 4.26. The van der Waals surface area contributed by atoms with Crippen LogP contribution in [0.1, 0.15) is 10.5 Å². The minimum Gasteiger partial charge on any atom is -0.481 e. The number of nitrogens with zero attached hydrogens (tertiary/aromatic N) is 3. The highest BCUT2D eigenvalue weighted by molar-refractivity contribution is 6.28. The first-order valence-corrected chi connectivity index (χ1v) is 4.37. The van der Waals surface area contributed by atoms with E-state index >= 15 is 0 Å². The number of hydrogen-bond acceptors (Lipinski definition) is 5. The number of aromatic nitrogens is 2. The van der Waals surface area contributed by atoms with Gasteiger partial charge in [-0.15, -0.1) is 0 Å². The molecule has 0 unspecified atom stereocenters. The molecule has 0 fully saturated rings. The van der Waals surface area contributed by atoms with Crippen molar-refractivity contribution in [3.63, 3.8) is 0 Å². The lowest BCUT2D eigenvalue weighted by atomic mass is 10.4. The van der Waals surface area contributed by atoms with Gasteiger partial charge < -0.3 is 4.74 Å². The van der Waals surface area contributed by atoms with Gasteiger partial charge >= 0.3 is 0 Å². The molecule has 0 aromatic carbocycles. The third-order valence-electron chi connectivity index (χ3n) is 1.66. The molecule has 0 N–H and O–H groups in total. The Labute approximate surface area is 91.7 Å². The molecule has 7 heteroatoms. The van der Waals surface area contributed by atoms with Gasteiger partial charge in [0.05, 0.1) is 14.2 Å². The molecule has 1 aromatic heterocycles. The van der Waals surface area contributed by atoms with E-state index < -0.39 is 5.91 Å². The molecule has 0 aliphatic rings. The number of halogens is 1. The van der Waals surface area contributed by atoms with Crippen molar-refractivity contribution in [2.24, 2.45) is 0 Å². The predicted molar refractivity (Wildman–Crippen MR) is 52.7 cm³/mol. The van der Waals surface area contributed by atoms with E-state index in [-0.39, 0.29) is 16.9 Å². The first-order chi connectivity index (χ1) is 7.08. The van der Waals surface area contributed by atoms with Crippen LogP contribution in [0.15, 0.2) is 6.07 Å². The molecule has 82 valence electrons. The zero-order chi connectivity index (χ0) is 11.4. The molecule has 1 amide bonds. The van der Waals surface area contributed by atoms with E-state index in [0.717, 1.165) is 5.06 Å². The number of carbonyl (C=O) groups excluding carboxylic acids is 1. The number of hydrogen-bond donors (Lipinski definition) is 0. The second kappa shape index (κ2) is 4.90. The van der Waals surface area contributed by atoms with Crippen molar-refractivity contribution >= 4 is 17.5 Å². The molecule has 0 spiro atoms. The van der Waals surface area contributed by atoms with Crippen LogP contribution in [-0.2, 0) is 4.84 Å². The summed E-state index contributed by atoms with van der Waals surface area (Å²) in [5.41, 5.74) is 0.108. The quantitative estimate of drug-likeness (QED) is 0.568. The number of hydroxylamine groups is 2. The van der Waals surface area contributed by atoms with Gasteiger partial charge in [0.1, 0.15) is 5.69 Å². The van der Waals surface area contributed by atoms with Crippen LogP contribution in [-0.4, -0.2) is 42.2 Å². The lowest BCUT2D eigenvalue weighted by Gasteiger charge is -2.13. The summed E-state index contributed by atoms with van der Waals surface area (Å²) in [6.45, 7) is 0. The normalized spacial score (nSPS) is 9.87. The fourth-order valence-corrected chi connectivity index (χ4v) is 1.03. The molecule has 0 aliphatic heterocycles. The summed E-state index contributed by atoms with van der Waals surface area (Å²) in [5, 5.41) is 0.972. The molecule has 15 heavy (non-hydrogen) atoms. The topological polar surface area (TPSA) is 64.5 Å². The largest absolute Gasteiger partial charge is 0.481 e. The number of ether oxygens (including phenoxy) is 1. The average molecular weight is 232 g/mol. The minimum atomic E-state index is -0.430. The third-order valence-corrected chi connectivity index (χ3v) is 1.83. The van der Waals surface area contributed by atoms with Gasteiger partial charge in [-0.1, -0.05) is 0 Å². The Balaban J connectivity index is 3.03. The van der Waals surface area contributed by atoms with Crippen LogP contribution >= 0.6 is 11.6 Å². The van der Waals surface area contributed by atoms with Gasteiger partial charge in [-0.25, -0.2) is 10.0 Å². The molecule has 0 saturated carbocycles. The van der Waals surface area contributed by atoms with Crippen LogP contribution in [0.3, 0.4) is 0 Å². The summed E-state index contributed by atoms with van der Waals surface area (Å²) in [6.07, 6.45) is 0. The smallest absolute Gasteiger partial charge is 0.296 e. The molecule has 1 rings (SSSR count). The lowest BCUT2D eigenvalue weighted by molar-refractivity contribution is -0.0760. The Morgan fingerprint density at radius 3 is 2.67 bits per heavy atom. The Morgan fingerprint density at radius 1 is 1.47 bits per heavy atom. The molecule has 0 atom stereocenters. The van der Waals surface area contributed by atoms with Crippen molar-refractivity contribution in [2.45, 2.75) is 0 Å². The maximum absolute atomic E-state index is 11.6. The molecule has 0 saturated heterocycles. The van der Waals surface area contributed by atoms with Gasteiger partial charge in [0.25, 0.3) is 5.91 Å². The van der Waals surface area contributed by atoms with Crippen LogP contribution < -0.4 is 4.74 Å². The van der Waals surface area contributed by atoms with Crippen molar-refractivity contribution in [1.82, 2.24) is 15.0 Å². The second-order valence-electron chi connectivity index (χ2n) is 2.55. The van der Waals surface area contributed by atoms with Crippen molar-refractivity contribution in [3.05, 3.63) is 17.0 Å². The van der Waals surface area contributed by atoms with Crippen molar-refractivity contribution in [1.29, 1.82) is 0 Å². The monoisotopic (exact) mass is 231 g/mol. The maximum Gasteiger partial charge on any atom is 0.296 e. The van der Waals surface area contributed by atoms with Crippen LogP contribution in [0.25, 0.3) is 0 Å². The highest BCUT2D eigenvalue weighted by Gasteiger charge is 2.15. The summed E-state index contributed by atoms with van der Waals surface area (Å²) < 4.78 is 4.85. The van der Waals surface area contributed by atoms with Crippen LogP contribution in [0, 0.1) is 0 Å². The molecular formula is C8H10ClN3O3. The van der Waals surface area contributed by atoms with Crippen LogP contribution in [0.2, 0.25) is 5.28 Å². The van der Waals surface area contributed by atoms with Gasteiger partial charge in [0.15, 0.2) is 0 Å². The lowest BCUT2D eigenvalue weighted by Crippen LogP contribution is -2.26. The summed E-state index contributed by atoms with van der Waals surface area (Å²) in [5.74, 6) is -0.206. The van der Waals surface area contributed by atoms with E-state index in [1.165, 1.54) is 27.3 Å². The van der Waals surface area contributed by atoms with Crippen LogP contribution in [0.5, 0.6) is 5.88 Å². The predicted octanol–water partition coefficient (Wildman–Crippen LogP) is 0.772. The van der Waals surface area contributed by atoms with Crippen LogP contribution in [0.4, 0.5) is 0 Å². The molecule has 1 aromatic rings. The van der Waals surface area contributed by atoms with E-state index in [9.17, 15) is 4.79 Å². The highest BCUT2D eigenvalue weighted by atomic mass is 35.5. The minimum absolute atomic E-state index is 0.0535. The number of amides is 1. The van der Waals surface area contributed by atoms with Gasteiger partial charge in [0, 0.05) is 13.1 Å². The standard InChI is InChI=1S/C8H10ClN3O3/c1-12(15-3)7(13)5-4-6(14-2)11-8(9)10-5/h4H,1-3H3. The Morgan fingerprint density at radius 2 is 2.13 bits per heavy atom. The van der Waals surface area contributed by atoms with Crippen molar-refractivity contribution in [3.8, 4) is 5.88 Å². The summed E-state index contributed by atoms with van der Waals surface area (Å²) in [6, 6.07) is 1.38. The molecule has 1 heterocycles. The van der Waals surface area contributed by atoms with Crippen molar-refractivity contribution < 1.29 is 14.4 Å². The van der Waals surface area contributed by atoms with Gasteiger partial charge in [-0.05, 0) is 11.6 Å². The van der Waals surface area contributed by atoms with Gasteiger partial charge in [0.2, 0.25) is 11.2 Å². The molecule has 6 nitrogen and oxygen atoms in total. The van der Waals surface area contributed by atoms with E-state index in [2.05, 4.69) is 9.97 Å². The zero-order valence-corrected chi connectivity index (χ0v) is 9.28. The SMILES string of the molecule is COc1cc(C(=O)N(C)OC)nc(Cl)n1. The van der Waals surface area contributed by atoms with E-state index in [0.29, 0.717) is 0 Å². The third kappa shape index (κ3) is 2.77. The number of carbonyl (C=O) groups is 1. The molecule has 0 aliphatic carbocycles. The fourth-order valence-electron chi connectivity index (χ4n) is 0.855. The molecule has 0 bridgehead atoms. The van der Waals surface area contributed by atoms with Gasteiger partial charge in [-0.2, -0.15) is 4.98 Å². The Kier molecular flexibility index (Phi) is 3.81. The molecular weight excluding hydrogens is 222 g/mol. The van der Waals surface area contributed by atoms with Gasteiger partial charge in [-0.3, -0.25) is 9.63 Å². The summed E-state index contributed by atoms with van der Waals surface area (Å²) >= 11 is 5.61. The fraction of sp³-hybridized carbons (Fsp3) is 0.375. The van der Waals surface area contributed by atoms with Crippen molar-refractivity contribution in [2.75, 3.05) is 21.3 Å². The average Bonchev–Trinajstić information content (AvgIpc) is 2.26. The second-order valence-corrected chi connectivity index (χ2v) is 2.89.